The molecule has 3 atom stereocenters. The topological polar surface area (TPSA) is 44.8 Å². The fourth-order valence-electron chi connectivity index (χ4n) is 3.31. The maximum atomic E-state index is 12.7. The summed E-state index contributed by atoms with van der Waals surface area (Å²) >= 11 is 0. The van der Waals surface area contributed by atoms with Gasteiger partial charge in [-0.1, -0.05) is 27.2 Å². The number of morpholine rings is 1. The highest BCUT2D eigenvalue weighted by Gasteiger charge is 2.39. The van der Waals surface area contributed by atoms with Crippen molar-refractivity contribution in [3.63, 3.8) is 0 Å². The highest BCUT2D eigenvalue weighted by atomic mass is 16.5. The highest BCUT2D eigenvalue weighted by Crippen LogP contribution is 2.21. The van der Waals surface area contributed by atoms with Gasteiger partial charge in [0.05, 0.1) is 24.9 Å². The number of carbonyl (C=O) groups is 1. The van der Waals surface area contributed by atoms with Gasteiger partial charge in [0, 0.05) is 19.6 Å². The van der Waals surface area contributed by atoms with E-state index in [0.717, 1.165) is 45.5 Å². The lowest BCUT2D eigenvalue weighted by molar-refractivity contribution is -0.133. The third kappa shape index (κ3) is 4.41. The summed E-state index contributed by atoms with van der Waals surface area (Å²) in [6.07, 6.45) is 3.35. The number of nitrogens with zero attached hydrogens (tertiary/aromatic N) is 2. The van der Waals surface area contributed by atoms with Crippen LogP contribution >= 0.6 is 0 Å². The summed E-state index contributed by atoms with van der Waals surface area (Å²) in [5.41, 5.74) is 0. The number of carbonyl (C=O) groups excluding carboxylic acids is 1. The Morgan fingerprint density at radius 2 is 2.19 bits per heavy atom. The maximum Gasteiger partial charge on any atom is 0.241 e. The van der Waals surface area contributed by atoms with Crippen LogP contribution in [0.1, 0.15) is 40.0 Å². The molecule has 0 aromatic rings. The van der Waals surface area contributed by atoms with E-state index in [0.29, 0.717) is 5.92 Å². The molecule has 2 fully saturated rings. The Labute approximate surface area is 129 Å². The molecule has 5 heteroatoms. The lowest BCUT2D eigenvalue weighted by Crippen LogP contribution is -2.49. The molecule has 2 rings (SSSR count). The molecule has 2 aliphatic rings. The van der Waals surface area contributed by atoms with Gasteiger partial charge in [-0.15, -0.1) is 0 Å². The van der Waals surface area contributed by atoms with Crippen LogP contribution in [0.4, 0.5) is 0 Å². The van der Waals surface area contributed by atoms with Crippen molar-refractivity contribution in [2.45, 2.75) is 58.3 Å². The van der Waals surface area contributed by atoms with Crippen LogP contribution in [-0.4, -0.2) is 67.3 Å². The second-order valence-corrected chi connectivity index (χ2v) is 6.90. The van der Waals surface area contributed by atoms with Crippen molar-refractivity contribution < 1.29 is 9.53 Å². The van der Waals surface area contributed by atoms with E-state index in [-0.39, 0.29) is 24.2 Å². The van der Waals surface area contributed by atoms with Gasteiger partial charge in [-0.25, -0.2) is 0 Å². The van der Waals surface area contributed by atoms with E-state index in [9.17, 15) is 4.79 Å². The SMILES string of the molecule is CCCC1NC(CC(C)C)C(=O)N1CC1CN(C)CCO1. The first kappa shape index (κ1) is 16.7. The van der Waals surface area contributed by atoms with Crippen molar-refractivity contribution in [2.75, 3.05) is 33.3 Å². The molecule has 1 N–H and O–H groups in total. The number of hydrogen-bond donors (Lipinski definition) is 1. The molecule has 2 aliphatic heterocycles. The van der Waals surface area contributed by atoms with Crippen molar-refractivity contribution in [3.8, 4) is 0 Å². The molecule has 2 saturated heterocycles. The van der Waals surface area contributed by atoms with Crippen LogP contribution in [0.15, 0.2) is 0 Å². The Bertz CT molecular complexity index is 348. The average Bonchev–Trinajstić information content (AvgIpc) is 2.67. The van der Waals surface area contributed by atoms with Gasteiger partial charge in [0.25, 0.3) is 0 Å². The molecule has 0 aromatic heterocycles. The highest BCUT2D eigenvalue weighted by molar-refractivity contribution is 5.84. The molecule has 0 bridgehead atoms. The van der Waals surface area contributed by atoms with E-state index in [4.69, 9.17) is 4.74 Å². The predicted molar refractivity (Wildman–Crippen MR) is 84.0 cm³/mol. The molecule has 21 heavy (non-hydrogen) atoms. The zero-order chi connectivity index (χ0) is 15.4. The van der Waals surface area contributed by atoms with Crippen molar-refractivity contribution in [1.29, 1.82) is 0 Å². The molecule has 0 aliphatic carbocycles. The summed E-state index contributed by atoms with van der Waals surface area (Å²) in [5, 5.41) is 3.53. The van der Waals surface area contributed by atoms with Crippen molar-refractivity contribution in [2.24, 2.45) is 5.92 Å². The van der Waals surface area contributed by atoms with Gasteiger partial charge in [-0.2, -0.15) is 0 Å². The second kappa shape index (κ2) is 7.56. The average molecular weight is 297 g/mol. The molecule has 1 amide bonds. The van der Waals surface area contributed by atoms with E-state index in [2.05, 4.69) is 38.0 Å². The van der Waals surface area contributed by atoms with Crippen LogP contribution in [0.3, 0.4) is 0 Å². The smallest absolute Gasteiger partial charge is 0.241 e. The van der Waals surface area contributed by atoms with Crippen molar-refractivity contribution in [3.05, 3.63) is 0 Å². The quantitative estimate of drug-likeness (QED) is 0.802. The molecular formula is C16H31N3O2. The van der Waals surface area contributed by atoms with Crippen LogP contribution in [0, 0.1) is 5.92 Å². The summed E-state index contributed by atoms with van der Waals surface area (Å²) in [6.45, 7) is 9.90. The Kier molecular flexibility index (Phi) is 6.02. The zero-order valence-electron chi connectivity index (χ0n) is 14.0. The Morgan fingerprint density at radius 3 is 2.81 bits per heavy atom. The number of hydrogen-bond acceptors (Lipinski definition) is 4. The van der Waals surface area contributed by atoms with Crippen LogP contribution < -0.4 is 5.32 Å². The lowest BCUT2D eigenvalue weighted by atomic mass is 10.0. The van der Waals surface area contributed by atoms with Gasteiger partial charge < -0.3 is 14.5 Å². The molecule has 2 heterocycles. The van der Waals surface area contributed by atoms with Crippen LogP contribution in [0.2, 0.25) is 0 Å². The van der Waals surface area contributed by atoms with E-state index >= 15 is 0 Å². The first-order valence-electron chi connectivity index (χ1n) is 8.38. The molecule has 0 radical (unpaired) electrons. The standard InChI is InChI=1S/C16H31N3O2/c1-5-6-15-17-14(9-12(2)3)16(20)19(15)11-13-10-18(4)7-8-21-13/h12-15,17H,5-11H2,1-4H3. The van der Waals surface area contributed by atoms with E-state index < -0.39 is 0 Å². The minimum Gasteiger partial charge on any atom is -0.374 e. The van der Waals surface area contributed by atoms with E-state index in [1.54, 1.807) is 0 Å². The summed E-state index contributed by atoms with van der Waals surface area (Å²) < 4.78 is 5.84. The van der Waals surface area contributed by atoms with Gasteiger partial charge in [0.1, 0.15) is 0 Å². The molecule has 0 spiro atoms. The van der Waals surface area contributed by atoms with Gasteiger partial charge in [-0.05, 0) is 25.8 Å². The minimum absolute atomic E-state index is 0.0112. The largest absolute Gasteiger partial charge is 0.374 e. The summed E-state index contributed by atoms with van der Waals surface area (Å²) in [4.78, 5) is 17.0. The maximum absolute atomic E-state index is 12.7. The van der Waals surface area contributed by atoms with E-state index in [1.165, 1.54) is 0 Å². The predicted octanol–water partition coefficient (Wildman–Crippen LogP) is 1.29. The lowest BCUT2D eigenvalue weighted by Gasteiger charge is -2.34. The number of amides is 1. The number of nitrogens with one attached hydrogen (secondary N) is 1. The third-order valence-electron chi connectivity index (χ3n) is 4.36. The first-order chi connectivity index (χ1) is 10.0. The van der Waals surface area contributed by atoms with Crippen LogP contribution in [0.25, 0.3) is 0 Å². The van der Waals surface area contributed by atoms with Crippen molar-refractivity contribution >= 4 is 5.91 Å². The van der Waals surface area contributed by atoms with Gasteiger partial charge in [0.15, 0.2) is 0 Å². The van der Waals surface area contributed by atoms with Crippen molar-refractivity contribution in [1.82, 2.24) is 15.1 Å². The second-order valence-electron chi connectivity index (χ2n) is 6.90. The Balaban J connectivity index is 1.98. The molecule has 5 nitrogen and oxygen atoms in total. The molecule has 3 unspecified atom stereocenters. The van der Waals surface area contributed by atoms with Gasteiger partial charge >= 0.3 is 0 Å². The van der Waals surface area contributed by atoms with Crippen LogP contribution in [-0.2, 0) is 9.53 Å². The normalized spacial score (nSPS) is 31.4. The number of likely N-dealkylation sites (N-methyl/N-ethyl adjacent to an activating group) is 1. The summed E-state index contributed by atoms with van der Waals surface area (Å²) in [5.74, 6) is 0.796. The fourth-order valence-corrected chi connectivity index (χ4v) is 3.31. The minimum atomic E-state index is -0.0112. The molecule has 0 aromatic carbocycles. The molecular weight excluding hydrogens is 266 g/mol. The summed E-state index contributed by atoms with van der Waals surface area (Å²) in [6, 6.07) is -0.0112. The number of rotatable bonds is 6. The summed E-state index contributed by atoms with van der Waals surface area (Å²) in [7, 11) is 2.12. The molecule has 122 valence electrons. The third-order valence-corrected chi connectivity index (χ3v) is 4.36. The van der Waals surface area contributed by atoms with E-state index in [1.807, 2.05) is 4.90 Å². The Hall–Kier alpha value is -0.650. The van der Waals surface area contributed by atoms with Crippen LogP contribution in [0.5, 0.6) is 0 Å². The fraction of sp³-hybridized carbons (Fsp3) is 0.938. The zero-order valence-corrected chi connectivity index (χ0v) is 14.0. The Morgan fingerprint density at radius 1 is 1.43 bits per heavy atom. The van der Waals surface area contributed by atoms with Gasteiger partial charge in [-0.3, -0.25) is 10.1 Å². The first-order valence-corrected chi connectivity index (χ1v) is 8.38. The monoisotopic (exact) mass is 297 g/mol. The molecule has 0 saturated carbocycles. The van der Waals surface area contributed by atoms with Gasteiger partial charge in [0.2, 0.25) is 5.91 Å². The number of ether oxygens (including phenoxy) is 1.